The van der Waals surface area contributed by atoms with E-state index in [1.807, 2.05) is 32.0 Å². The Morgan fingerprint density at radius 3 is 2.57 bits per heavy atom. The van der Waals surface area contributed by atoms with Crippen LogP contribution in [0.2, 0.25) is 0 Å². The summed E-state index contributed by atoms with van der Waals surface area (Å²) in [7, 11) is 0. The summed E-state index contributed by atoms with van der Waals surface area (Å²) in [5.41, 5.74) is 2.17. The zero-order chi connectivity index (χ0) is 22.0. The van der Waals surface area contributed by atoms with Gasteiger partial charge in [-0.05, 0) is 43.2 Å². The Balaban J connectivity index is 1.58. The fourth-order valence-electron chi connectivity index (χ4n) is 3.27. The van der Waals surface area contributed by atoms with E-state index in [1.165, 1.54) is 0 Å². The van der Waals surface area contributed by atoms with E-state index >= 15 is 0 Å². The Morgan fingerprint density at radius 2 is 1.83 bits per heavy atom. The van der Waals surface area contributed by atoms with Gasteiger partial charge in [0.1, 0.15) is 0 Å². The SMILES string of the molecule is Cc1cccc(N2C[C@@H](C(=O)NCC(=O)Nc3ccc(F)c(F)c3F)CC2=O)c1C. The fourth-order valence-corrected chi connectivity index (χ4v) is 3.27. The minimum Gasteiger partial charge on any atom is -0.347 e. The molecule has 158 valence electrons. The van der Waals surface area contributed by atoms with Gasteiger partial charge in [0.05, 0.1) is 18.2 Å². The van der Waals surface area contributed by atoms with Crippen molar-refractivity contribution in [3.05, 3.63) is 58.9 Å². The van der Waals surface area contributed by atoms with Crippen molar-refractivity contribution < 1.29 is 27.6 Å². The number of nitrogens with one attached hydrogen (secondary N) is 2. The van der Waals surface area contributed by atoms with Crippen molar-refractivity contribution >= 4 is 29.1 Å². The largest absolute Gasteiger partial charge is 0.347 e. The molecule has 1 atom stereocenters. The number of carbonyl (C=O) groups is 3. The normalized spacial score (nSPS) is 16.0. The van der Waals surface area contributed by atoms with Crippen molar-refractivity contribution in [2.24, 2.45) is 5.92 Å². The molecule has 9 heteroatoms. The van der Waals surface area contributed by atoms with Crippen LogP contribution < -0.4 is 15.5 Å². The smallest absolute Gasteiger partial charge is 0.243 e. The van der Waals surface area contributed by atoms with Crippen LogP contribution in [0.15, 0.2) is 30.3 Å². The van der Waals surface area contributed by atoms with Gasteiger partial charge in [-0.25, -0.2) is 13.2 Å². The molecule has 0 unspecified atom stereocenters. The van der Waals surface area contributed by atoms with Gasteiger partial charge in [-0.3, -0.25) is 14.4 Å². The molecule has 0 aromatic heterocycles. The van der Waals surface area contributed by atoms with Gasteiger partial charge in [0.15, 0.2) is 17.5 Å². The van der Waals surface area contributed by atoms with E-state index in [4.69, 9.17) is 0 Å². The lowest BCUT2D eigenvalue weighted by Crippen LogP contribution is -2.38. The molecule has 2 N–H and O–H groups in total. The third-order valence-corrected chi connectivity index (χ3v) is 5.10. The molecule has 1 fully saturated rings. The van der Waals surface area contributed by atoms with E-state index in [9.17, 15) is 27.6 Å². The first-order valence-corrected chi connectivity index (χ1v) is 9.26. The summed E-state index contributed by atoms with van der Waals surface area (Å²) in [6, 6.07) is 7.13. The van der Waals surface area contributed by atoms with E-state index < -0.39 is 47.4 Å². The second-order valence-electron chi connectivity index (χ2n) is 7.11. The van der Waals surface area contributed by atoms with Gasteiger partial charge < -0.3 is 15.5 Å². The standard InChI is InChI=1S/C21H20F3N3O3/c1-11-4-3-5-16(12(11)2)27-10-13(8-18(27)29)21(30)25-9-17(28)26-15-7-6-14(22)19(23)20(15)24/h3-7,13H,8-10H2,1-2H3,(H,25,30)(H,26,28)/t13-/m0/s1. The van der Waals surface area contributed by atoms with Crippen LogP contribution in [0.5, 0.6) is 0 Å². The number of carbonyl (C=O) groups excluding carboxylic acids is 3. The molecule has 2 aromatic carbocycles. The Labute approximate surface area is 171 Å². The molecule has 1 heterocycles. The Hall–Kier alpha value is -3.36. The summed E-state index contributed by atoms with van der Waals surface area (Å²) in [6.45, 7) is 3.49. The topological polar surface area (TPSA) is 78.5 Å². The van der Waals surface area contributed by atoms with Gasteiger partial charge >= 0.3 is 0 Å². The number of hydrogen-bond donors (Lipinski definition) is 2. The Morgan fingerprint density at radius 1 is 1.10 bits per heavy atom. The summed E-state index contributed by atoms with van der Waals surface area (Å²) < 4.78 is 39.8. The number of aryl methyl sites for hydroxylation is 1. The molecule has 2 aromatic rings. The summed E-state index contributed by atoms with van der Waals surface area (Å²) >= 11 is 0. The first-order chi connectivity index (χ1) is 14.2. The summed E-state index contributed by atoms with van der Waals surface area (Å²) in [5, 5.41) is 4.46. The predicted octanol–water partition coefficient (Wildman–Crippen LogP) is 2.83. The molecule has 30 heavy (non-hydrogen) atoms. The van der Waals surface area contributed by atoms with Crippen LogP contribution in [0, 0.1) is 37.2 Å². The van der Waals surface area contributed by atoms with Gasteiger partial charge in [-0.1, -0.05) is 12.1 Å². The lowest BCUT2D eigenvalue weighted by molar-refractivity contribution is -0.127. The number of hydrogen-bond acceptors (Lipinski definition) is 3. The molecule has 3 amide bonds. The van der Waals surface area contributed by atoms with Gasteiger partial charge in [-0.2, -0.15) is 0 Å². The first kappa shape index (κ1) is 21.4. The first-order valence-electron chi connectivity index (χ1n) is 9.26. The highest BCUT2D eigenvalue weighted by Gasteiger charge is 2.35. The molecule has 1 saturated heterocycles. The number of nitrogens with zero attached hydrogens (tertiary/aromatic N) is 1. The summed E-state index contributed by atoms with van der Waals surface area (Å²) in [5.74, 6) is -6.77. The molecule has 0 spiro atoms. The number of rotatable bonds is 5. The van der Waals surface area contributed by atoms with Crippen molar-refractivity contribution in [3.63, 3.8) is 0 Å². The van der Waals surface area contributed by atoms with Crippen LogP contribution in [-0.2, 0) is 14.4 Å². The third-order valence-electron chi connectivity index (χ3n) is 5.10. The van der Waals surface area contributed by atoms with Gasteiger partial charge in [0.2, 0.25) is 17.7 Å². The van der Waals surface area contributed by atoms with Crippen molar-refractivity contribution in [1.29, 1.82) is 0 Å². The molecule has 1 aliphatic heterocycles. The van der Waals surface area contributed by atoms with E-state index in [2.05, 4.69) is 10.6 Å². The summed E-state index contributed by atoms with van der Waals surface area (Å²) in [6.07, 6.45) is -0.00135. The maximum atomic E-state index is 13.6. The van der Waals surface area contributed by atoms with Crippen LogP contribution in [0.1, 0.15) is 17.5 Å². The Kier molecular flexibility index (Phi) is 6.09. The number of benzene rings is 2. The molecule has 1 aliphatic rings. The zero-order valence-electron chi connectivity index (χ0n) is 16.4. The summed E-state index contributed by atoms with van der Waals surface area (Å²) in [4.78, 5) is 38.2. The van der Waals surface area contributed by atoms with E-state index in [0.29, 0.717) is 6.07 Å². The molecule has 3 rings (SSSR count). The Bertz CT molecular complexity index is 1030. The molecule has 0 aliphatic carbocycles. The third kappa shape index (κ3) is 4.29. The van der Waals surface area contributed by atoms with Crippen LogP contribution in [0.4, 0.5) is 24.5 Å². The van der Waals surface area contributed by atoms with Crippen molar-refractivity contribution in [1.82, 2.24) is 5.32 Å². The number of halogens is 3. The zero-order valence-corrected chi connectivity index (χ0v) is 16.4. The van der Waals surface area contributed by atoms with Gasteiger partial charge in [0.25, 0.3) is 0 Å². The molecular formula is C21H20F3N3O3. The molecule has 0 radical (unpaired) electrons. The van der Waals surface area contributed by atoms with Crippen molar-refractivity contribution in [2.75, 3.05) is 23.3 Å². The van der Waals surface area contributed by atoms with Crippen LogP contribution >= 0.6 is 0 Å². The molecule has 0 bridgehead atoms. The monoisotopic (exact) mass is 419 g/mol. The lowest BCUT2D eigenvalue weighted by atomic mass is 10.1. The van der Waals surface area contributed by atoms with Crippen molar-refractivity contribution in [2.45, 2.75) is 20.3 Å². The number of anilines is 2. The minimum atomic E-state index is -1.70. The minimum absolute atomic E-state index is 0.00135. The average Bonchev–Trinajstić information content (AvgIpc) is 3.10. The number of amides is 3. The second-order valence-corrected chi connectivity index (χ2v) is 7.11. The van der Waals surface area contributed by atoms with E-state index in [-0.39, 0.29) is 18.9 Å². The van der Waals surface area contributed by atoms with Crippen LogP contribution in [0.3, 0.4) is 0 Å². The van der Waals surface area contributed by atoms with Crippen LogP contribution in [0.25, 0.3) is 0 Å². The molecule has 0 saturated carbocycles. The maximum absolute atomic E-state index is 13.6. The predicted molar refractivity (Wildman–Crippen MR) is 104 cm³/mol. The van der Waals surface area contributed by atoms with Gasteiger partial charge in [-0.15, -0.1) is 0 Å². The second kappa shape index (κ2) is 8.56. The highest BCUT2D eigenvalue weighted by Crippen LogP contribution is 2.29. The van der Waals surface area contributed by atoms with E-state index in [0.717, 1.165) is 22.9 Å². The van der Waals surface area contributed by atoms with Crippen LogP contribution in [-0.4, -0.2) is 30.8 Å². The van der Waals surface area contributed by atoms with E-state index in [1.54, 1.807) is 4.90 Å². The molecule has 6 nitrogen and oxygen atoms in total. The quantitative estimate of drug-likeness (QED) is 0.732. The fraction of sp³-hybridized carbons (Fsp3) is 0.286. The highest BCUT2D eigenvalue weighted by molar-refractivity contribution is 6.02. The highest BCUT2D eigenvalue weighted by atomic mass is 19.2. The van der Waals surface area contributed by atoms with Crippen molar-refractivity contribution in [3.8, 4) is 0 Å². The maximum Gasteiger partial charge on any atom is 0.243 e. The lowest BCUT2D eigenvalue weighted by Gasteiger charge is -2.20. The average molecular weight is 419 g/mol. The molecular weight excluding hydrogens is 399 g/mol. The van der Waals surface area contributed by atoms with Gasteiger partial charge in [0, 0.05) is 18.7 Å².